The van der Waals surface area contributed by atoms with Crippen LogP contribution in [0.4, 0.5) is 0 Å². The van der Waals surface area contributed by atoms with E-state index in [2.05, 4.69) is 0 Å². The number of nitrogens with two attached hydrogens (primary N) is 1. The summed E-state index contributed by atoms with van der Waals surface area (Å²) in [4.78, 5) is 17.0. The maximum Gasteiger partial charge on any atom is 0.349 e. The number of hydrogen-bond acceptors (Lipinski definition) is 4. The lowest BCUT2D eigenvalue weighted by Gasteiger charge is -2.25. The van der Waals surface area contributed by atoms with Crippen molar-refractivity contribution >= 4 is 12.0 Å². The van der Waals surface area contributed by atoms with Crippen molar-refractivity contribution in [1.29, 1.82) is 0 Å². The fraction of sp³-hybridized carbons (Fsp3) is 0.357. The number of hydrogen-bond donors (Lipinski definition) is 1. The molecular weight excluding hydrogens is 228 g/mol. The summed E-state index contributed by atoms with van der Waals surface area (Å²) in [7, 11) is 0. The molecule has 0 fully saturated rings. The highest BCUT2D eigenvalue weighted by Gasteiger charge is 2.22. The van der Waals surface area contributed by atoms with Crippen molar-refractivity contribution in [2.24, 2.45) is 11.7 Å². The van der Waals surface area contributed by atoms with E-state index in [9.17, 15) is 4.79 Å². The molecule has 1 aliphatic rings. The summed E-state index contributed by atoms with van der Waals surface area (Å²) < 4.78 is 0. The van der Waals surface area contributed by atoms with Gasteiger partial charge in [-0.25, -0.2) is 9.86 Å². The number of rotatable bonds is 3. The van der Waals surface area contributed by atoms with E-state index < -0.39 is 12.0 Å². The van der Waals surface area contributed by atoms with Gasteiger partial charge in [-0.05, 0) is 23.1 Å². The van der Waals surface area contributed by atoms with E-state index in [-0.39, 0.29) is 5.92 Å². The molecule has 0 unspecified atom stereocenters. The maximum atomic E-state index is 11.7. The van der Waals surface area contributed by atoms with E-state index in [1.54, 1.807) is 6.20 Å². The van der Waals surface area contributed by atoms with Crippen LogP contribution in [0.5, 0.6) is 0 Å². The van der Waals surface area contributed by atoms with Crippen LogP contribution in [0.15, 0.2) is 30.5 Å². The Morgan fingerprint density at radius 1 is 1.39 bits per heavy atom. The normalized spacial score (nSPS) is 15.4. The molecular formula is C14H18N2O2. The molecule has 4 heteroatoms. The van der Waals surface area contributed by atoms with Gasteiger partial charge in [-0.3, -0.25) is 0 Å². The highest BCUT2D eigenvalue weighted by Crippen LogP contribution is 2.19. The van der Waals surface area contributed by atoms with Crippen molar-refractivity contribution in [2.75, 3.05) is 0 Å². The third-order valence-electron chi connectivity index (χ3n) is 3.00. The molecule has 0 saturated heterocycles. The average Bonchev–Trinajstić information content (AvgIpc) is 2.37. The minimum atomic E-state index is -0.587. The fourth-order valence-electron chi connectivity index (χ4n) is 1.74. The molecule has 0 radical (unpaired) electrons. The monoisotopic (exact) mass is 246 g/mol. The van der Waals surface area contributed by atoms with Gasteiger partial charge < -0.3 is 10.6 Å². The Kier molecular flexibility index (Phi) is 3.67. The van der Waals surface area contributed by atoms with Gasteiger partial charge in [-0.1, -0.05) is 38.1 Å². The average molecular weight is 246 g/mol. The van der Waals surface area contributed by atoms with Crippen molar-refractivity contribution in [2.45, 2.75) is 26.4 Å². The molecule has 0 saturated carbocycles. The summed E-state index contributed by atoms with van der Waals surface area (Å²) in [5, 5.41) is 1.52. The first kappa shape index (κ1) is 12.6. The van der Waals surface area contributed by atoms with Crippen molar-refractivity contribution in [3.05, 3.63) is 41.6 Å². The molecule has 96 valence electrons. The van der Waals surface area contributed by atoms with Crippen LogP contribution >= 0.6 is 0 Å². The summed E-state index contributed by atoms with van der Waals surface area (Å²) in [6, 6.07) is 7.42. The number of benzene rings is 1. The van der Waals surface area contributed by atoms with Gasteiger partial charge in [-0.15, -0.1) is 0 Å². The van der Waals surface area contributed by atoms with Crippen LogP contribution < -0.4 is 5.73 Å². The first-order valence-corrected chi connectivity index (χ1v) is 6.08. The molecule has 1 aliphatic heterocycles. The number of carbonyl (C=O) groups excluding carboxylic acids is 1. The molecule has 1 atom stereocenters. The zero-order valence-electron chi connectivity index (χ0n) is 10.7. The predicted molar refractivity (Wildman–Crippen MR) is 69.9 cm³/mol. The van der Waals surface area contributed by atoms with Crippen molar-refractivity contribution in [3.8, 4) is 0 Å². The topological polar surface area (TPSA) is 55.6 Å². The van der Waals surface area contributed by atoms with Crippen molar-refractivity contribution < 1.29 is 9.63 Å². The number of nitrogens with zero attached hydrogens (tertiary/aromatic N) is 1. The minimum Gasteiger partial charge on any atom is -0.339 e. The summed E-state index contributed by atoms with van der Waals surface area (Å²) in [6.45, 7) is 4.35. The summed E-state index contributed by atoms with van der Waals surface area (Å²) in [5.41, 5.74) is 8.03. The zero-order valence-corrected chi connectivity index (χ0v) is 10.7. The molecule has 0 aliphatic carbocycles. The molecule has 0 spiro atoms. The zero-order chi connectivity index (χ0) is 13.1. The Bertz CT molecular complexity index is 469. The number of fused-ring (bicyclic) bond motifs is 1. The third-order valence-corrected chi connectivity index (χ3v) is 3.00. The van der Waals surface area contributed by atoms with Crippen LogP contribution in [0.25, 0.3) is 6.08 Å². The van der Waals surface area contributed by atoms with Gasteiger partial charge >= 0.3 is 5.97 Å². The highest BCUT2D eigenvalue weighted by molar-refractivity contribution is 5.75. The Morgan fingerprint density at radius 3 is 2.83 bits per heavy atom. The Labute approximate surface area is 107 Å². The number of hydroxylamine groups is 2. The second kappa shape index (κ2) is 5.23. The molecule has 0 amide bonds. The van der Waals surface area contributed by atoms with E-state index in [4.69, 9.17) is 10.6 Å². The maximum absolute atomic E-state index is 11.7. The SMILES string of the molecule is CC(C)[C@H](N)C(=O)ON1C=Cc2ccccc2C1. The van der Waals surface area contributed by atoms with Gasteiger partial charge in [-0.2, -0.15) is 0 Å². The lowest BCUT2D eigenvalue weighted by Crippen LogP contribution is -2.40. The predicted octanol–water partition coefficient (Wildman–Crippen LogP) is 1.91. The van der Waals surface area contributed by atoms with Crippen molar-refractivity contribution in [1.82, 2.24) is 5.06 Å². The molecule has 0 bridgehead atoms. The van der Waals surface area contributed by atoms with Crippen LogP contribution in [0, 0.1) is 5.92 Å². The largest absolute Gasteiger partial charge is 0.349 e. The smallest absolute Gasteiger partial charge is 0.339 e. The van der Waals surface area contributed by atoms with E-state index in [0.717, 1.165) is 11.1 Å². The van der Waals surface area contributed by atoms with E-state index in [1.165, 1.54) is 5.06 Å². The van der Waals surface area contributed by atoms with E-state index >= 15 is 0 Å². The van der Waals surface area contributed by atoms with Gasteiger partial charge in [0.25, 0.3) is 0 Å². The first-order valence-electron chi connectivity index (χ1n) is 6.08. The fourth-order valence-corrected chi connectivity index (χ4v) is 1.74. The highest BCUT2D eigenvalue weighted by atomic mass is 16.7. The standard InChI is InChI=1S/C14H18N2O2/c1-10(2)13(15)14(17)18-16-8-7-11-5-3-4-6-12(11)9-16/h3-8,10,13H,9,15H2,1-2H3/t13-/m0/s1. The van der Waals surface area contributed by atoms with E-state index in [0.29, 0.717) is 6.54 Å². The molecule has 0 aromatic heterocycles. The molecule has 1 heterocycles. The van der Waals surface area contributed by atoms with Crippen LogP contribution in [0.1, 0.15) is 25.0 Å². The second-order valence-corrected chi connectivity index (χ2v) is 4.77. The van der Waals surface area contributed by atoms with Crippen LogP contribution in [0.3, 0.4) is 0 Å². The Hall–Kier alpha value is -1.81. The number of carbonyl (C=O) groups is 1. The van der Waals surface area contributed by atoms with Gasteiger partial charge in [0, 0.05) is 6.20 Å². The lowest BCUT2D eigenvalue weighted by atomic mass is 10.1. The second-order valence-electron chi connectivity index (χ2n) is 4.77. The third kappa shape index (κ3) is 2.71. The minimum absolute atomic E-state index is 0.0681. The quantitative estimate of drug-likeness (QED) is 0.885. The Balaban J connectivity index is 2.00. The summed E-state index contributed by atoms with van der Waals surface area (Å²) in [6.07, 6.45) is 3.68. The molecule has 2 rings (SSSR count). The van der Waals surface area contributed by atoms with Gasteiger partial charge in [0.2, 0.25) is 0 Å². The van der Waals surface area contributed by atoms with Crippen molar-refractivity contribution in [3.63, 3.8) is 0 Å². The molecule has 1 aromatic rings. The van der Waals surface area contributed by atoms with Gasteiger partial charge in [0.15, 0.2) is 0 Å². The lowest BCUT2D eigenvalue weighted by molar-refractivity contribution is -0.183. The Morgan fingerprint density at radius 2 is 2.11 bits per heavy atom. The first-order chi connectivity index (χ1) is 8.58. The molecule has 1 aromatic carbocycles. The van der Waals surface area contributed by atoms with E-state index in [1.807, 2.05) is 44.2 Å². The molecule has 4 nitrogen and oxygen atoms in total. The van der Waals surface area contributed by atoms with Crippen LogP contribution in [-0.2, 0) is 16.2 Å². The summed E-state index contributed by atoms with van der Waals surface area (Å²) >= 11 is 0. The van der Waals surface area contributed by atoms with Gasteiger partial charge in [0.05, 0.1) is 6.54 Å². The van der Waals surface area contributed by atoms with Crippen LogP contribution in [0.2, 0.25) is 0 Å². The molecule has 2 N–H and O–H groups in total. The molecule has 18 heavy (non-hydrogen) atoms. The summed E-state index contributed by atoms with van der Waals surface area (Å²) in [5.74, 6) is -0.326. The van der Waals surface area contributed by atoms with Gasteiger partial charge in [0.1, 0.15) is 6.04 Å². The van der Waals surface area contributed by atoms with Crippen LogP contribution in [-0.4, -0.2) is 17.1 Å².